The molecule has 9 heteroatoms. The molecule has 4 rings (SSSR count). The molecule has 1 aromatic carbocycles. The van der Waals surface area contributed by atoms with Crippen molar-refractivity contribution in [2.75, 3.05) is 18.8 Å². The molecule has 0 bridgehead atoms. The number of piperidine rings is 1. The summed E-state index contributed by atoms with van der Waals surface area (Å²) in [4.78, 5) is 19.3. The number of rotatable bonds is 4. The normalized spacial score (nSPS) is 15.1. The number of nitrogens with zero attached hydrogens (tertiary/aromatic N) is 4. The predicted octanol–water partition coefficient (Wildman–Crippen LogP) is 3.85. The SMILES string of the molecule is Cc1ccc(-n2c(SCC(=O)N3CCC(C)CC3)nc3n[nH]c(C)c3c2=N)cc1Cl. The third-order valence-electron chi connectivity index (χ3n) is 5.66. The monoisotopic (exact) mass is 444 g/mol. The van der Waals surface area contributed by atoms with Crippen LogP contribution in [0.5, 0.6) is 0 Å². The summed E-state index contributed by atoms with van der Waals surface area (Å²) in [7, 11) is 0. The molecular formula is C21H25ClN6OS. The highest BCUT2D eigenvalue weighted by molar-refractivity contribution is 7.99. The maximum atomic E-state index is 12.8. The summed E-state index contributed by atoms with van der Waals surface area (Å²) in [6, 6.07) is 5.67. The van der Waals surface area contributed by atoms with Crippen LogP contribution in [0.15, 0.2) is 23.4 Å². The van der Waals surface area contributed by atoms with Gasteiger partial charge in [-0.1, -0.05) is 36.4 Å². The van der Waals surface area contributed by atoms with E-state index >= 15 is 0 Å². The van der Waals surface area contributed by atoms with Gasteiger partial charge in [-0.15, -0.1) is 0 Å². The van der Waals surface area contributed by atoms with Crippen molar-refractivity contribution in [1.82, 2.24) is 24.6 Å². The third kappa shape index (κ3) is 3.98. The molecule has 0 spiro atoms. The smallest absolute Gasteiger partial charge is 0.233 e. The van der Waals surface area contributed by atoms with Crippen LogP contribution in [0, 0.1) is 25.2 Å². The van der Waals surface area contributed by atoms with E-state index in [1.54, 1.807) is 4.57 Å². The van der Waals surface area contributed by atoms with Crippen LogP contribution in [0.1, 0.15) is 31.0 Å². The van der Waals surface area contributed by atoms with E-state index in [0.717, 1.165) is 42.9 Å². The maximum Gasteiger partial charge on any atom is 0.233 e. The van der Waals surface area contributed by atoms with Crippen LogP contribution in [0.25, 0.3) is 16.7 Å². The number of carbonyl (C=O) groups is 1. The first-order chi connectivity index (χ1) is 14.3. The molecule has 0 unspecified atom stereocenters. The summed E-state index contributed by atoms with van der Waals surface area (Å²) in [5.74, 6) is 1.05. The third-order valence-corrected chi connectivity index (χ3v) is 6.99. The van der Waals surface area contributed by atoms with Crippen LogP contribution in [0.4, 0.5) is 0 Å². The highest BCUT2D eigenvalue weighted by Crippen LogP contribution is 2.25. The topological polar surface area (TPSA) is 90.7 Å². The predicted molar refractivity (Wildman–Crippen MR) is 119 cm³/mol. The van der Waals surface area contributed by atoms with Crippen LogP contribution < -0.4 is 5.49 Å². The van der Waals surface area contributed by atoms with Crippen molar-refractivity contribution < 1.29 is 4.79 Å². The molecule has 0 atom stereocenters. The molecule has 7 nitrogen and oxygen atoms in total. The molecule has 1 amide bonds. The second kappa shape index (κ2) is 8.43. The zero-order valence-corrected chi connectivity index (χ0v) is 18.9. The van der Waals surface area contributed by atoms with Crippen molar-refractivity contribution >= 4 is 40.3 Å². The number of halogens is 1. The van der Waals surface area contributed by atoms with Crippen molar-refractivity contribution in [2.24, 2.45) is 5.92 Å². The number of nitrogens with one attached hydrogen (secondary N) is 2. The first-order valence-electron chi connectivity index (χ1n) is 10.0. The Labute approximate surface area is 184 Å². The van der Waals surface area contributed by atoms with Crippen LogP contribution in [0.2, 0.25) is 5.02 Å². The number of thioether (sulfide) groups is 1. The number of hydrogen-bond donors (Lipinski definition) is 2. The van der Waals surface area contributed by atoms with Crippen LogP contribution in [-0.2, 0) is 4.79 Å². The summed E-state index contributed by atoms with van der Waals surface area (Å²) < 4.78 is 1.74. The van der Waals surface area contributed by atoms with Crippen LogP contribution in [0.3, 0.4) is 0 Å². The lowest BCUT2D eigenvalue weighted by atomic mass is 9.99. The van der Waals surface area contributed by atoms with E-state index in [9.17, 15) is 4.79 Å². The summed E-state index contributed by atoms with van der Waals surface area (Å²) in [6.45, 7) is 7.65. The van der Waals surface area contributed by atoms with Gasteiger partial charge in [0.2, 0.25) is 5.91 Å². The van der Waals surface area contributed by atoms with E-state index in [4.69, 9.17) is 17.0 Å². The van der Waals surface area contributed by atoms with Gasteiger partial charge in [0.1, 0.15) is 5.49 Å². The Kier molecular flexibility index (Phi) is 5.88. The number of fused-ring (bicyclic) bond motifs is 1. The molecule has 0 saturated carbocycles. The van der Waals surface area contributed by atoms with E-state index in [1.165, 1.54) is 11.8 Å². The molecule has 0 radical (unpaired) electrons. The van der Waals surface area contributed by atoms with Gasteiger partial charge in [0.15, 0.2) is 10.8 Å². The molecule has 3 aromatic rings. The van der Waals surface area contributed by atoms with Crippen LogP contribution in [-0.4, -0.2) is 49.4 Å². The molecule has 3 heterocycles. The first-order valence-corrected chi connectivity index (χ1v) is 11.4. The number of carbonyl (C=O) groups excluding carboxylic acids is 1. The highest BCUT2D eigenvalue weighted by atomic mass is 35.5. The molecule has 2 N–H and O–H groups in total. The van der Waals surface area contributed by atoms with Gasteiger partial charge >= 0.3 is 0 Å². The molecule has 0 aliphatic carbocycles. The lowest BCUT2D eigenvalue weighted by Gasteiger charge is -2.30. The molecule has 1 fully saturated rings. The number of benzene rings is 1. The Morgan fingerprint density at radius 3 is 2.77 bits per heavy atom. The van der Waals surface area contributed by atoms with Crippen LogP contribution >= 0.6 is 23.4 Å². The van der Waals surface area contributed by atoms with Crippen molar-refractivity contribution in [3.63, 3.8) is 0 Å². The maximum absolute atomic E-state index is 12.8. The molecule has 2 aromatic heterocycles. The molecule has 1 aliphatic heterocycles. The minimum absolute atomic E-state index is 0.104. The molecular weight excluding hydrogens is 420 g/mol. The number of likely N-dealkylation sites (tertiary alicyclic amines) is 1. The highest BCUT2D eigenvalue weighted by Gasteiger charge is 2.22. The molecule has 158 valence electrons. The fourth-order valence-electron chi connectivity index (χ4n) is 3.66. The summed E-state index contributed by atoms with van der Waals surface area (Å²) in [5, 5.41) is 17.8. The van der Waals surface area contributed by atoms with Gasteiger partial charge < -0.3 is 4.90 Å². The number of amides is 1. The Morgan fingerprint density at radius 2 is 2.07 bits per heavy atom. The lowest BCUT2D eigenvalue weighted by molar-refractivity contribution is -0.129. The van der Waals surface area contributed by atoms with Crippen molar-refractivity contribution in [1.29, 1.82) is 5.41 Å². The fraction of sp³-hybridized carbons (Fsp3) is 0.429. The Morgan fingerprint density at radius 1 is 1.33 bits per heavy atom. The number of H-pyrrole nitrogens is 1. The number of hydrogen-bond acceptors (Lipinski definition) is 5. The number of aromatic amines is 1. The van der Waals surface area contributed by atoms with Gasteiger partial charge in [-0.05, 0) is 50.3 Å². The van der Waals surface area contributed by atoms with Crippen molar-refractivity contribution in [2.45, 2.75) is 38.8 Å². The van der Waals surface area contributed by atoms with Gasteiger partial charge in [-0.2, -0.15) is 5.10 Å². The summed E-state index contributed by atoms with van der Waals surface area (Å²) in [6.07, 6.45) is 2.10. The largest absolute Gasteiger partial charge is 0.342 e. The summed E-state index contributed by atoms with van der Waals surface area (Å²) in [5.41, 5.74) is 3.24. The lowest BCUT2D eigenvalue weighted by Crippen LogP contribution is -2.39. The van der Waals surface area contributed by atoms with Gasteiger partial charge in [0.25, 0.3) is 0 Å². The van der Waals surface area contributed by atoms with Gasteiger partial charge in [0, 0.05) is 23.8 Å². The fourth-order valence-corrected chi connectivity index (χ4v) is 4.75. The van der Waals surface area contributed by atoms with E-state index in [2.05, 4.69) is 22.1 Å². The quantitative estimate of drug-likeness (QED) is 0.472. The molecule has 30 heavy (non-hydrogen) atoms. The van der Waals surface area contributed by atoms with E-state index in [-0.39, 0.29) is 17.1 Å². The molecule has 1 saturated heterocycles. The molecule has 1 aliphatic rings. The second-order valence-electron chi connectivity index (χ2n) is 7.91. The van der Waals surface area contributed by atoms with E-state index in [0.29, 0.717) is 27.1 Å². The number of aryl methyl sites for hydroxylation is 2. The standard InChI is InChI=1S/C21H25ClN6OS/c1-12-6-8-27(9-7-12)17(29)11-30-21-24-20-18(14(3)25-26-20)19(23)28(21)15-5-4-13(2)16(22)10-15/h4-5,10,12,23H,6-9,11H2,1-3H3,(H,25,26). The van der Waals surface area contributed by atoms with Gasteiger partial charge in [-0.3, -0.25) is 19.9 Å². The minimum atomic E-state index is 0.104. The second-order valence-corrected chi connectivity index (χ2v) is 9.26. The van der Waals surface area contributed by atoms with Gasteiger partial charge in [0.05, 0.1) is 16.8 Å². The Bertz CT molecular complexity index is 1160. The average molecular weight is 445 g/mol. The zero-order chi connectivity index (χ0) is 21.4. The van der Waals surface area contributed by atoms with Gasteiger partial charge in [-0.25, -0.2) is 4.98 Å². The van der Waals surface area contributed by atoms with E-state index < -0.39 is 0 Å². The summed E-state index contributed by atoms with van der Waals surface area (Å²) >= 11 is 7.69. The zero-order valence-electron chi connectivity index (χ0n) is 17.3. The Hall–Kier alpha value is -2.32. The first kappa shape index (κ1) is 20.9. The van der Waals surface area contributed by atoms with E-state index in [1.807, 2.05) is 36.9 Å². The Balaban J connectivity index is 1.70. The number of aromatic nitrogens is 4. The average Bonchev–Trinajstić information content (AvgIpc) is 3.10. The van der Waals surface area contributed by atoms with Crippen molar-refractivity contribution in [3.8, 4) is 5.69 Å². The minimum Gasteiger partial charge on any atom is -0.342 e. The van der Waals surface area contributed by atoms with Crippen molar-refractivity contribution in [3.05, 3.63) is 40.0 Å².